The van der Waals surface area contributed by atoms with E-state index < -0.39 is 48.6 Å². The predicted molar refractivity (Wildman–Crippen MR) is 522 cm³/mol. The van der Waals surface area contributed by atoms with Crippen molar-refractivity contribution in [2.24, 2.45) is 0 Å². The zero-order valence-electron chi connectivity index (χ0n) is 77.7. The van der Waals surface area contributed by atoms with Gasteiger partial charge < -0.3 is 104 Å². The van der Waals surface area contributed by atoms with E-state index in [1.807, 2.05) is 146 Å². The Kier molecular flexibility index (Phi) is 35.7. The molecule has 8 aliphatic heterocycles. The van der Waals surface area contributed by atoms with Crippen molar-refractivity contribution in [2.45, 2.75) is 153 Å². The number of fused-ring (bicyclic) bond motifs is 4. The summed E-state index contributed by atoms with van der Waals surface area (Å²) in [4.78, 5) is 73.4. The summed E-state index contributed by atoms with van der Waals surface area (Å²) in [5, 5.41) is 67.3. The summed E-state index contributed by atoms with van der Waals surface area (Å²) in [5.41, 5.74) is 13.3. The molecule has 8 unspecified atom stereocenters. The fourth-order valence-corrected chi connectivity index (χ4v) is 18.6. The van der Waals surface area contributed by atoms with Gasteiger partial charge in [0, 0.05) is 49.6 Å². The maximum atomic E-state index is 13.1. The van der Waals surface area contributed by atoms with Gasteiger partial charge in [0.1, 0.15) is 77.3 Å². The largest absolute Gasteiger partial charge is 0.486 e. The molecule has 18 rings (SSSR count). The summed E-state index contributed by atoms with van der Waals surface area (Å²) in [6, 6.07) is 67.0. The second-order valence-electron chi connectivity index (χ2n) is 36.1. The van der Waals surface area contributed by atoms with E-state index in [1.54, 1.807) is 42.5 Å². The van der Waals surface area contributed by atoms with Crippen molar-refractivity contribution >= 4 is 41.0 Å². The quantitative estimate of drug-likeness (QED) is 0.0173. The van der Waals surface area contributed by atoms with Crippen LogP contribution in [0.3, 0.4) is 0 Å². The lowest BCUT2D eigenvalue weighted by Gasteiger charge is -2.29. The number of hydrogen-bond acceptors (Lipinski definition) is 22. The van der Waals surface area contributed by atoms with E-state index in [1.165, 1.54) is 11.1 Å². The summed E-state index contributed by atoms with van der Waals surface area (Å²) in [5.74, 6) is 4.40. The number of likely N-dealkylation sites (tertiary alicyclic amines) is 4. The Morgan fingerprint density at radius 1 is 0.316 bits per heavy atom. The lowest BCUT2D eigenvalue weighted by Crippen LogP contribution is -2.47. The van der Waals surface area contributed by atoms with Crippen LogP contribution >= 0.6 is 11.6 Å². The van der Waals surface area contributed by atoms with Gasteiger partial charge in [0.25, 0.3) is 0 Å². The molecule has 10 aromatic carbocycles. The number of nitrogens with zero attached hydrogens (tertiary/aromatic N) is 4. The molecule has 718 valence electrons. The minimum atomic E-state index is -0.939. The van der Waals surface area contributed by atoms with E-state index in [0.717, 1.165) is 148 Å². The van der Waals surface area contributed by atoms with Gasteiger partial charge in [-0.1, -0.05) is 180 Å². The molecule has 0 spiro atoms. The Hall–Kier alpha value is -11.9. The number of benzene rings is 10. The van der Waals surface area contributed by atoms with E-state index in [-0.39, 0.29) is 61.7 Å². The molecule has 0 saturated carbocycles. The Bertz CT molecular complexity index is 5590. The lowest BCUT2D eigenvalue weighted by molar-refractivity contribution is -0.123. The van der Waals surface area contributed by atoms with Crippen LogP contribution in [0.25, 0.3) is 22.3 Å². The van der Waals surface area contributed by atoms with Crippen LogP contribution in [0.4, 0.5) is 0 Å². The molecule has 27 heteroatoms. The van der Waals surface area contributed by atoms with Gasteiger partial charge in [-0.05, 0) is 245 Å². The van der Waals surface area contributed by atoms with E-state index in [0.29, 0.717) is 164 Å². The third kappa shape index (κ3) is 28.2. The van der Waals surface area contributed by atoms with E-state index in [4.69, 9.17) is 49.5 Å². The highest BCUT2D eigenvalue weighted by Crippen LogP contribution is 2.39. The molecule has 4 saturated heterocycles. The number of carbonyl (C=O) groups excluding carboxylic acids is 5. The summed E-state index contributed by atoms with van der Waals surface area (Å²) < 4.78 is 45.1. The summed E-state index contributed by atoms with van der Waals surface area (Å²) in [6.45, 7) is 18.0. The number of halogens is 1. The first-order valence-corrected chi connectivity index (χ1v) is 48.3. The minimum absolute atomic E-state index is 0.00293. The summed E-state index contributed by atoms with van der Waals surface area (Å²) in [6.07, 6.45) is 6.42. The van der Waals surface area contributed by atoms with Crippen LogP contribution in [0.1, 0.15) is 155 Å². The standard InChI is InChI=1S/C30H34N2O4.C29H31ClN2O4.C26H32N2O6.C24H30N2O4/c1-21-4-8-23(9-5-21)24-10-6-22(7-11-24)18-29(33)31-26(20-32-14-2-3-15-32)30(34)25-12-13-27-28(19-25)36-17-16-35-27;30-24-5-3-4-22(17-24)21-8-6-20(7-9-21)16-28(33)31-25(19-32-12-1-2-13-32)29(34)23-10-11-26-27(18-23)36-15-14-35-26;29-17-19-5-1-2-6-20(19)22(30)8-10-25(31)27-21(16-28-11-3-4-12-28)26(32)18-7-9-23-24(15-18)34-14-13-33-23;1-17-4-6-18(7-5-17)14-23(27)25-20(16-26-10-2-3-11-26)24(28)19-8-9-21-22(15-19)30-13-12-29-21/h4-13,19,26,30,34H,2-3,14-18,20H2,1H3,(H,31,33);3-11,17-18,25,29,34H,1-2,12-16,19H2,(H,31,33);1-2,5-7,9,15,21,26,29,32H,3-4,8,10-14,16-17H2,(H,27,31);4-9,15,20,24,28H,2-3,10-14,16H2,1H3,(H,25,27). The molecule has 0 aromatic heterocycles. The van der Waals surface area contributed by atoms with Gasteiger partial charge in [0.05, 0.1) is 50.0 Å². The smallest absolute Gasteiger partial charge is 0.224 e. The number of amides is 4. The molecule has 0 bridgehead atoms. The first kappa shape index (κ1) is 98.6. The van der Waals surface area contributed by atoms with Crippen molar-refractivity contribution < 1.29 is 87.4 Å². The highest BCUT2D eigenvalue weighted by Gasteiger charge is 2.34. The number of hydrogen-bond donors (Lipinski definition) is 9. The van der Waals surface area contributed by atoms with E-state index in [9.17, 15) is 49.5 Å². The van der Waals surface area contributed by atoms with Crippen molar-refractivity contribution in [3.8, 4) is 68.2 Å². The van der Waals surface area contributed by atoms with Gasteiger partial charge in [-0.15, -0.1) is 0 Å². The highest BCUT2D eigenvalue weighted by molar-refractivity contribution is 6.30. The molecule has 8 atom stereocenters. The maximum Gasteiger partial charge on any atom is 0.224 e. The van der Waals surface area contributed by atoms with Crippen LogP contribution in [0.2, 0.25) is 5.02 Å². The van der Waals surface area contributed by atoms with Crippen molar-refractivity contribution in [1.82, 2.24) is 40.9 Å². The van der Waals surface area contributed by atoms with Crippen LogP contribution < -0.4 is 59.2 Å². The SMILES string of the molecule is Cc1ccc(-c2ccc(CC(=O)NC(CN3CCCC3)C(O)c3ccc4c(c3)OCCO4)cc2)cc1.Cc1ccc(CC(=O)NC(CN2CCCC2)C(O)c2ccc3c(c2)OCCO3)cc1.O=C(CCC(=O)c1ccccc1CO)NC(CN1CCCC1)C(O)c1ccc2c(c1)OCCO2.O=C(Cc1ccc(-c2cccc(Cl)c2)cc1)NC(CN1CCCC1)C(O)c1ccc2c(c1)OCCO2. The predicted octanol–water partition coefficient (Wildman–Crippen LogP) is 13.8. The molecule has 0 radical (unpaired) electrons. The molecule has 4 amide bonds. The zero-order chi connectivity index (χ0) is 94.7. The van der Waals surface area contributed by atoms with Crippen molar-refractivity contribution in [3.05, 3.63) is 285 Å². The van der Waals surface area contributed by atoms with Crippen LogP contribution in [0, 0.1) is 13.8 Å². The van der Waals surface area contributed by atoms with Crippen molar-refractivity contribution in [2.75, 3.05) is 131 Å². The fraction of sp³-hybridized carbons (Fsp3) is 0.404. The molecule has 136 heavy (non-hydrogen) atoms. The Morgan fingerprint density at radius 2 is 0.603 bits per heavy atom. The minimum Gasteiger partial charge on any atom is -0.486 e. The molecule has 9 N–H and O–H groups in total. The lowest BCUT2D eigenvalue weighted by atomic mass is 9.99. The normalized spacial score (nSPS) is 17.3. The first-order chi connectivity index (χ1) is 66.2. The Labute approximate surface area is 801 Å². The Morgan fingerprint density at radius 3 is 0.926 bits per heavy atom. The van der Waals surface area contributed by atoms with Gasteiger partial charge in [0.2, 0.25) is 23.6 Å². The van der Waals surface area contributed by atoms with E-state index >= 15 is 0 Å². The molecule has 26 nitrogen and oxygen atoms in total. The number of aryl methyl sites for hydroxylation is 2. The second kappa shape index (κ2) is 49.2. The van der Waals surface area contributed by atoms with Crippen LogP contribution in [-0.2, 0) is 45.0 Å². The van der Waals surface area contributed by atoms with Gasteiger partial charge in [-0.25, -0.2) is 0 Å². The van der Waals surface area contributed by atoms with Gasteiger partial charge >= 0.3 is 0 Å². The first-order valence-electron chi connectivity index (χ1n) is 47.9. The molecule has 4 fully saturated rings. The van der Waals surface area contributed by atoms with Crippen LogP contribution in [-0.4, -0.2) is 230 Å². The number of carbonyl (C=O) groups is 5. The van der Waals surface area contributed by atoms with Crippen LogP contribution in [0.15, 0.2) is 218 Å². The number of ketones is 1. The average Bonchev–Trinajstić information content (AvgIpc) is 1.02. The molecule has 8 aliphatic rings. The summed E-state index contributed by atoms with van der Waals surface area (Å²) in [7, 11) is 0. The summed E-state index contributed by atoms with van der Waals surface area (Å²) >= 11 is 6.12. The number of rotatable bonds is 33. The second-order valence-corrected chi connectivity index (χ2v) is 36.6. The third-order valence-corrected chi connectivity index (χ3v) is 26.1. The molecule has 10 aromatic rings. The third-order valence-electron chi connectivity index (χ3n) is 25.9. The number of ether oxygens (including phenoxy) is 8. The zero-order valence-corrected chi connectivity index (χ0v) is 78.4. The van der Waals surface area contributed by atoms with Gasteiger partial charge in [-0.2, -0.15) is 0 Å². The number of aliphatic hydroxyl groups excluding tert-OH is 5. The topological polar surface area (TPSA) is 321 Å². The number of Topliss-reactive ketones (excluding diaryl/α,β-unsaturated/α-hetero) is 1. The van der Waals surface area contributed by atoms with Gasteiger partial charge in [-0.3, -0.25) is 24.0 Å². The molecular formula is C109H127ClN8O18. The van der Waals surface area contributed by atoms with Crippen LogP contribution in [0.5, 0.6) is 46.0 Å². The fourth-order valence-electron chi connectivity index (χ4n) is 18.4. The monoisotopic (exact) mass is 1870 g/mol. The van der Waals surface area contributed by atoms with E-state index in [2.05, 4.69) is 84.2 Å². The molecule has 0 aliphatic carbocycles. The molecule has 8 heterocycles. The number of aliphatic hydroxyl groups is 5. The molecular weight excluding hydrogens is 1740 g/mol. The Balaban J connectivity index is 0.000000138. The number of nitrogens with one attached hydrogen (secondary N) is 4. The highest BCUT2D eigenvalue weighted by atomic mass is 35.5. The van der Waals surface area contributed by atoms with Crippen molar-refractivity contribution in [1.29, 1.82) is 0 Å². The maximum absolute atomic E-state index is 13.1. The average molecular weight is 1870 g/mol. The van der Waals surface area contributed by atoms with Gasteiger partial charge in [0.15, 0.2) is 51.8 Å². The van der Waals surface area contributed by atoms with Crippen molar-refractivity contribution in [3.63, 3.8) is 0 Å².